The van der Waals surface area contributed by atoms with Crippen LogP contribution in [0.5, 0.6) is 5.75 Å². The van der Waals surface area contributed by atoms with Crippen molar-refractivity contribution in [1.82, 2.24) is 0 Å². The third-order valence-electron chi connectivity index (χ3n) is 2.43. The summed E-state index contributed by atoms with van der Waals surface area (Å²) in [6.07, 6.45) is 0.862. The van der Waals surface area contributed by atoms with E-state index in [-0.39, 0.29) is 6.61 Å². The molecular weight excluding hydrogens is 256 g/mol. The summed E-state index contributed by atoms with van der Waals surface area (Å²) in [4.78, 5) is 11.2. The minimum absolute atomic E-state index is 0.272. The van der Waals surface area contributed by atoms with E-state index in [0.717, 1.165) is 17.7 Å². The van der Waals surface area contributed by atoms with Crippen LogP contribution in [0.25, 0.3) is 0 Å². The van der Waals surface area contributed by atoms with Gasteiger partial charge in [-0.2, -0.15) is 10.2 Å². The molecule has 5 nitrogen and oxygen atoms in total. The first-order chi connectivity index (χ1) is 8.70. The van der Waals surface area contributed by atoms with Crippen LogP contribution in [0, 0.1) is 0 Å². The van der Waals surface area contributed by atoms with Crippen LogP contribution < -0.4 is 4.74 Å². The highest BCUT2D eigenvalue weighted by Crippen LogP contribution is 2.29. The maximum absolute atomic E-state index is 11.2. The van der Waals surface area contributed by atoms with Gasteiger partial charge in [0, 0.05) is 6.42 Å². The Morgan fingerprint density at radius 3 is 3.22 bits per heavy atom. The average Bonchev–Trinajstić information content (AvgIpc) is 2.83. The smallest absolute Gasteiger partial charge is 0.348 e. The standard InChI is InChI=1S/C12H13ClN2O3/c1-2-17-12(16)11(13)15-14-9-3-4-10-8(7-9)5-6-18-10/h3-4,7,11H,2,5-6H2,1H3. The number of carbonyl (C=O) groups excluding carboxylic acids is 1. The zero-order valence-corrected chi connectivity index (χ0v) is 10.7. The number of azo groups is 1. The first-order valence-electron chi connectivity index (χ1n) is 5.68. The molecule has 1 aliphatic rings. The van der Waals surface area contributed by atoms with Crippen molar-refractivity contribution >= 4 is 23.3 Å². The molecule has 0 aliphatic carbocycles. The molecule has 0 saturated carbocycles. The first kappa shape index (κ1) is 12.8. The highest BCUT2D eigenvalue weighted by Gasteiger charge is 2.15. The fourth-order valence-corrected chi connectivity index (χ4v) is 1.72. The van der Waals surface area contributed by atoms with Gasteiger partial charge in [-0.25, -0.2) is 4.79 Å². The van der Waals surface area contributed by atoms with Crippen molar-refractivity contribution in [1.29, 1.82) is 0 Å². The zero-order chi connectivity index (χ0) is 13.0. The summed E-state index contributed by atoms with van der Waals surface area (Å²) in [7, 11) is 0. The molecule has 0 spiro atoms. The van der Waals surface area contributed by atoms with Gasteiger partial charge in [-0.15, -0.1) is 0 Å². The molecule has 1 atom stereocenters. The lowest BCUT2D eigenvalue weighted by Gasteiger charge is -2.02. The summed E-state index contributed by atoms with van der Waals surface area (Å²) in [6.45, 7) is 2.67. The Morgan fingerprint density at radius 2 is 2.44 bits per heavy atom. The molecule has 1 aromatic rings. The van der Waals surface area contributed by atoms with Crippen LogP contribution in [0.15, 0.2) is 28.4 Å². The number of benzene rings is 1. The van der Waals surface area contributed by atoms with E-state index in [4.69, 9.17) is 21.1 Å². The molecule has 1 aromatic carbocycles. The fraction of sp³-hybridized carbons (Fsp3) is 0.417. The third kappa shape index (κ3) is 2.98. The predicted octanol–water partition coefficient (Wildman–Crippen LogP) is 2.83. The van der Waals surface area contributed by atoms with Gasteiger partial charge in [-0.3, -0.25) is 0 Å². The normalized spacial score (nSPS) is 15.2. The highest BCUT2D eigenvalue weighted by atomic mass is 35.5. The van der Waals surface area contributed by atoms with Crippen molar-refractivity contribution in [3.63, 3.8) is 0 Å². The molecule has 0 bridgehead atoms. The summed E-state index contributed by atoms with van der Waals surface area (Å²) in [5.74, 6) is 0.286. The van der Waals surface area contributed by atoms with Gasteiger partial charge < -0.3 is 9.47 Å². The van der Waals surface area contributed by atoms with Crippen LogP contribution in [0.2, 0.25) is 0 Å². The van der Waals surface area contributed by atoms with Crippen molar-refractivity contribution in [2.45, 2.75) is 18.8 Å². The lowest BCUT2D eigenvalue weighted by molar-refractivity contribution is -0.142. The third-order valence-corrected chi connectivity index (χ3v) is 2.69. The van der Waals surface area contributed by atoms with Crippen molar-refractivity contribution in [3.8, 4) is 5.75 Å². The number of hydrogen-bond donors (Lipinski definition) is 0. The number of esters is 1. The van der Waals surface area contributed by atoms with Crippen LogP contribution in [0.4, 0.5) is 5.69 Å². The van der Waals surface area contributed by atoms with Gasteiger partial charge in [0.15, 0.2) is 0 Å². The summed E-state index contributed by atoms with van der Waals surface area (Å²) in [5, 5.41) is 7.64. The van der Waals surface area contributed by atoms with Gasteiger partial charge in [0.2, 0.25) is 5.50 Å². The van der Waals surface area contributed by atoms with Gasteiger partial charge in [0.05, 0.1) is 18.9 Å². The minimum Gasteiger partial charge on any atom is -0.493 e. The maximum atomic E-state index is 11.2. The van der Waals surface area contributed by atoms with E-state index in [1.54, 1.807) is 13.0 Å². The van der Waals surface area contributed by atoms with Gasteiger partial charge in [-0.05, 0) is 30.7 Å². The number of carbonyl (C=O) groups is 1. The quantitative estimate of drug-likeness (QED) is 0.365. The largest absolute Gasteiger partial charge is 0.493 e. The van der Waals surface area contributed by atoms with Crippen LogP contribution >= 0.6 is 11.6 Å². The number of halogens is 1. The summed E-state index contributed by atoms with van der Waals surface area (Å²) in [6, 6.07) is 5.48. The highest BCUT2D eigenvalue weighted by molar-refractivity contribution is 6.29. The van der Waals surface area contributed by atoms with Crippen LogP contribution in [0.1, 0.15) is 12.5 Å². The van der Waals surface area contributed by atoms with E-state index in [1.165, 1.54) is 0 Å². The molecule has 0 N–H and O–H groups in total. The van der Waals surface area contributed by atoms with Crippen molar-refractivity contribution in [2.24, 2.45) is 10.2 Å². The maximum Gasteiger partial charge on any atom is 0.348 e. The Balaban J connectivity index is 2.03. The molecule has 0 aromatic heterocycles. The van der Waals surface area contributed by atoms with Crippen molar-refractivity contribution < 1.29 is 14.3 Å². The van der Waals surface area contributed by atoms with Gasteiger partial charge in [0.1, 0.15) is 5.75 Å². The van der Waals surface area contributed by atoms with Gasteiger partial charge in [0.25, 0.3) is 0 Å². The monoisotopic (exact) mass is 268 g/mol. The molecular formula is C12H13ClN2O3. The number of rotatable bonds is 4. The molecule has 0 saturated heterocycles. The van der Waals surface area contributed by atoms with Gasteiger partial charge >= 0.3 is 5.97 Å². The Kier molecular flexibility index (Phi) is 4.15. The second-order valence-electron chi connectivity index (χ2n) is 3.69. The summed E-state index contributed by atoms with van der Waals surface area (Å²) in [5.41, 5.74) is 0.636. The fourth-order valence-electron chi connectivity index (χ4n) is 1.61. The van der Waals surface area contributed by atoms with Crippen molar-refractivity contribution in [2.75, 3.05) is 13.2 Å². The first-order valence-corrected chi connectivity index (χ1v) is 6.11. The Bertz CT molecular complexity index is 476. The number of hydrogen-bond acceptors (Lipinski definition) is 5. The van der Waals surface area contributed by atoms with Crippen LogP contribution in [0.3, 0.4) is 0 Å². The van der Waals surface area contributed by atoms with E-state index in [2.05, 4.69) is 10.2 Å². The molecule has 0 radical (unpaired) electrons. The number of nitrogens with zero attached hydrogens (tertiary/aromatic N) is 2. The number of fused-ring (bicyclic) bond motifs is 1. The van der Waals surface area contributed by atoms with Crippen LogP contribution in [-0.2, 0) is 16.0 Å². The lowest BCUT2D eigenvalue weighted by atomic mass is 10.1. The molecule has 96 valence electrons. The average molecular weight is 269 g/mol. The van der Waals surface area contributed by atoms with E-state index < -0.39 is 11.5 Å². The zero-order valence-electron chi connectivity index (χ0n) is 9.93. The minimum atomic E-state index is -1.10. The Hall–Kier alpha value is -1.62. The van der Waals surface area contributed by atoms with Gasteiger partial charge in [-0.1, -0.05) is 11.6 Å². The SMILES string of the molecule is CCOC(=O)C(Cl)N=Nc1ccc2c(c1)CCO2. The van der Waals surface area contributed by atoms with E-state index in [9.17, 15) is 4.79 Å². The molecule has 1 unspecified atom stereocenters. The second kappa shape index (κ2) is 5.82. The predicted molar refractivity (Wildman–Crippen MR) is 66.4 cm³/mol. The summed E-state index contributed by atoms with van der Waals surface area (Å²) >= 11 is 5.72. The molecule has 1 heterocycles. The molecule has 0 amide bonds. The van der Waals surface area contributed by atoms with E-state index in [1.807, 2.05) is 12.1 Å². The molecule has 1 aliphatic heterocycles. The second-order valence-corrected chi connectivity index (χ2v) is 4.11. The molecule has 2 rings (SSSR count). The molecule has 0 fully saturated rings. The van der Waals surface area contributed by atoms with E-state index >= 15 is 0 Å². The molecule has 18 heavy (non-hydrogen) atoms. The Labute approximate surface area is 110 Å². The number of ether oxygens (including phenoxy) is 2. The van der Waals surface area contributed by atoms with Crippen molar-refractivity contribution in [3.05, 3.63) is 23.8 Å². The van der Waals surface area contributed by atoms with Crippen LogP contribution in [-0.4, -0.2) is 24.7 Å². The Morgan fingerprint density at radius 1 is 1.61 bits per heavy atom. The molecule has 6 heteroatoms. The summed E-state index contributed by atoms with van der Waals surface area (Å²) < 4.78 is 10.1. The topological polar surface area (TPSA) is 60.2 Å². The number of alkyl halides is 1. The lowest BCUT2D eigenvalue weighted by Crippen LogP contribution is -2.14. The van der Waals surface area contributed by atoms with E-state index in [0.29, 0.717) is 12.3 Å².